The standard InChI is InChI=1S/C43H45N5O8/c1-5-6-7-11-18-32-34(40(50)52-4)47-39(54-32)35-36-43-27-16-12-13-17-29(27)44-41(43)55-31-20-19-26(21-28(31)43)22-30(37(49)46-33(24(2)3)38(48-35)56-36)45-42(51)53-23-25-14-9-8-10-15-25/h8-10,12-17,19-21,24,30,33,41,44H,5-7,11,18,22-23H2,1-4H3,(H,45,51)(H,46,49)/t30-,33-,41-,43?/m0/s1. The van der Waals surface area contributed by atoms with Crippen LogP contribution < -0.4 is 20.7 Å². The number of carbonyl (C=O) groups is 3. The number of oxazole rings is 2. The number of alkyl carbamates (subject to hydrolysis) is 1. The summed E-state index contributed by atoms with van der Waals surface area (Å²) in [5.41, 5.74) is 3.33. The molecule has 13 heteroatoms. The van der Waals surface area contributed by atoms with Gasteiger partial charge in [-0.2, -0.15) is 0 Å². The van der Waals surface area contributed by atoms with E-state index in [-0.39, 0.29) is 42.1 Å². The number of methoxy groups -OCH3 is 1. The number of unbranched alkanes of at least 4 members (excludes halogenated alkanes) is 3. The van der Waals surface area contributed by atoms with Gasteiger partial charge in [-0.15, -0.1) is 0 Å². The summed E-state index contributed by atoms with van der Waals surface area (Å²) < 4.78 is 30.8. The van der Waals surface area contributed by atoms with Gasteiger partial charge in [0.15, 0.2) is 23.4 Å². The van der Waals surface area contributed by atoms with Gasteiger partial charge >= 0.3 is 12.1 Å². The van der Waals surface area contributed by atoms with E-state index >= 15 is 0 Å². The maximum atomic E-state index is 14.2. The van der Waals surface area contributed by atoms with Gasteiger partial charge in [-0.25, -0.2) is 19.6 Å². The van der Waals surface area contributed by atoms with Gasteiger partial charge in [0.05, 0.1) is 7.11 Å². The van der Waals surface area contributed by atoms with Crippen molar-refractivity contribution in [3.05, 3.63) is 118 Å². The van der Waals surface area contributed by atoms with Crippen LogP contribution in [-0.4, -0.2) is 47.3 Å². The van der Waals surface area contributed by atoms with Gasteiger partial charge in [-0.05, 0) is 41.2 Å². The number of benzene rings is 3. The molecule has 0 saturated carbocycles. The van der Waals surface area contributed by atoms with Gasteiger partial charge in [-0.3, -0.25) is 4.79 Å². The van der Waals surface area contributed by atoms with Gasteiger partial charge in [0, 0.05) is 24.1 Å². The third-order valence-corrected chi connectivity index (χ3v) is 10.8. The lowest BCUT2D eigenvalue weighted by molar-refractivity contribution is -0.124. The number of hydrogen-bond acceptors (Lipinski definition) is 11. The van der Waals surface area contributed by atoms with Gasteiger partial charge in [0.2, 0.25) is 17.7 Å². The highest BCUT2D eigenvalue weighted by atomic mass is 16.5. The normalized spacial score (nSPS) is 20.4. The minimum atomic E-state index is -1.11. The highest BCUT2D eigenvalue weighted by molar-refractivity contribution is 5.89. The van der Waals surface area contributed by atoms with E-state index in [4.69, 9.17) is 33.0 Å². The molecule has 13 nitrogen and oxygen atoms in total. The molecule has 0 fully saturated rings. The summed E-state index contributed by atoms with van der Waals surface area (Å²) in [6.07, 6.45) is 3.12. The summed E-state index contributed by atoms with van der Waals surface area (Å²) in [7, 11) is 1.31. The molecule has 5 heterocycles. The van der Waals surface area contributed by atoms with Crippen molar-refractivity contribution in [1.82, 2.24) is 20.6 Å². The lowest BCUT2D eigenvalue weighted by Gasteiger charge is -2.28. The number of amides is 2. The number of fused-ring (bicyclic) bond motifs is 4. The van der Waals surface area contributed by atoms with Crippen LogP contribution in [0.3, 0.4) is 0 Å². The molecule has 0 saturated heterocycles. The van der Waals surface area contributed by atoms with Crippen LogP contribution in [0.25, 0.3) is 11.6 Å². The Hall–Kier alpha value is -6.11. The van der Waals surface area contributed by atoms with E-state index in [2.05, 4.69) is 22.9 Å². The number of nitrogens with zero attached hydrogens (tertiary/aromatic N) is 2. The SMILES string of the molecule is CCCCCCc1oc(-c2nc3oc2C24c5ccccc5N[C@H]2Oc2ccc(cc24)C[C@H](NC(=O)OCc2ccccc2)C(=O)N[C@H]3C(C)C)nc1C(=O)OC. The molecule has 2 aromatic heterocycles. The van der Waals surface area contributed by atoms with E-state index in [0.717, 1.165) is 53.6 Å². The van der Waals surface area contributed by atoms with Crippen molar-refractivity contribution < 1.29 is 37.4 Å². The van der Waals surface area contributed by atoms with E-state index in [1.807, 2.05) is 86.6 Å². The van der Waals surface area contributed by atoms with E-state index in [1.54, 1.807) is 0 Å². The number of hydrogen-bond donors (Lipinski definition) is 3. The van der Waals surface area contributed by atoms with E-state index in [9.17, 15) is 14.4 Å². The molecule has 8 rings (SSSR count). The molecule has 1 spiro atoms. The van der Waals surface area contributed by atoms with Gasteiger partial charge in [-0.1, -0.05) is 101 Å². The Kier molecular flexibility index (Phi) is 10.0. The van der Waals surface area contributed by atoms with Crippen molar-refractivity contribution in [3.63, 3.8) is 0 Å². The fraction of sp³-hybridized carbons (Fsp3) is 0.372. The Balaban J connectivity index is 1.28. The van der Waals surface area contributed by atoms with Crippen molar-refractivity contribution >= 4 is 23.7 Å². The van der Waals surface area contributed by atoms with Crippen LogP contribution >= 0.6 is 0 Å². The monoisotopic (exact) mass is 759 g/mol. The number of nitrogens with one attached hydrogen (secondary N) is 3. The van der Waals surface area contributed by atoms with Crippen LogP contribution in [-0.2, 0) is 39.1 Å². The van der Waals surface area contributed by atoms with Crippen molar-refractivity contribution in [2.75, 3.05) is 12.4 Å². The first-order chi connectivity index (χ1) is 27.2. The molecule has 3 aromatic carbocycles. The zero-order valence-corrected chi connectivity index (χ0v) is 31.8. The van der Waals surface area contributed by atoms with E-state index in [1.165, 1.54) is 7.11 Å². The lowest BCUT2D eigenvalue weighted by atomic mass is 9.72. The number of ether oxygens (including phenoxy) is 3. The van der Waals surface area contributed by atoms with Crippen molar-refractivity contribution in [2.45, 2.75) is 89.6 Å². The Morgan fingerprint density at radius 2 is 1.77 bits per heavy atom. The second-order valence-electron chi connectivity index (χ2n) is 14.8. The number of esters is 1. The Morgan fingerprint density at radius 1 is 0.964 bits per heavy atom. The number of aryl methyl sites for hydroxylation is 1. The van der Waals surface area contributed by atoms with Gasteiger partial charge in [0.1, 0.15) is 35.6 Å². The summed E-state index contributed by atoms with van der Waals surface area (Å²) in [6.45, 7) is 6.07. The number of para-hydroxylation sites is 1. The van der Waals surface area contributed by atoms with Gasteiger partial charge < -0.3 is 39.0 Å². The fourth-order valence-corrected chi connectivity index (χ4v) is 7.95. The molecule has 56 heavy (non-hydrogen) atoms. The zero-order valence-electron chi connectivity index (χ0n) is 31.8. The highest BCUT2D eigenvalue weighted by Gasteiger charge is 2.61. The third-order valence-electron chi connectivity index (χ3n) is 10.8. The summed E-state index contributed by atoms with van der Waals surface area (Å²) in [6, 6.07) is 21.2. The van der Waals surface area contributed by atoms with Crippen molar-refractivity contribution in [2.24, 2.45) is 5.92 Å². The molecule has 4 bridgehead atoms. The Morgan fingerprint density at radius 3 is 2.55 bits per heavy atom. The summed E-state index contributed by atoms with van der Waals surface area (Å²) in [4.78, 5) is 50.4. The number of carbonyl (C=O) groups excluding carboxylic acids is 3. The molecule has 3 N–H and O–H groups in total. The fourth-order valence-electron chi connectivity index (χ4n) is 7.95. The number of anilines is 1. The van der Waals surface area contributed by atoms with E-state index in [0.29, 0.717) is 23.7 Å². The van der Waals surface area contributed by atoms with Crippen molar-refractivity contribution in [1.29, 1.82) is 0 Å². The van der Waals surface area contributed by atoms with Crippen molar-refractivity contribution in [3.8, 4) is 17.3 Å². The third kappa shape index (κ3) is 6.54. The smallest absolute Gasteiger partial charge is 0.408 e. The largest absolute Gasteiger partial charge is 0.469 e. The maximum Gasteiger partial charge on any atom is 0.408 e. The number of rotatable bonds is 11. The minimum absolute atomic E-state index is 0.0446. The molecule has 3 aliphatic rings. The first-order valence-corrected chi connectivity index (χ1v) is 19.2. The molecule has 1 unspecified atom stereocenters. The first kappa shape index (κ1) is 36.8. The summed E-state index contributed by atoms with van der Waals surface area (Å²) >= 11 is 0. The molecule has 3 aliphatic heterocycles. The first-order valence-electron chi connectivity index (χ1n) is 19.2. The lowest BCUT2D eigenvalue weighted by Crippen LogP contribution is -2.49. The van der Waals surface area contributed by atoms with E-state index < -0.39 is 41.7 Å². The average Bonchev–Trinajstić information content (AvgIpc) is 3.97. The summed E-state index contributed by atoms with van der Waals surface area (Å²) in [5.74, 6) is 0.421. The Bertz CT molecular complexity index is 2260. The van der Waals surface area contributed by atoms with Crippen LogP contribution in [0, 0.1) is 5.92 Å². The molecular weight excluding hydrogens is 714 g/mol. The zero-order chi connectivity index (χ0) is 39.0. The molecule has 4 atom stereocenters. The molecule has 0 aliphatic carbocycles. The molecule has 2 amide bonds. The van der Waals surface area contributed by atoms with Gasteiger partial charge in [0.25, 0.3) is 0 Å². The molecule has 5 aromatic rings. The molecular formula is C43H45N5O8. The topological polar surface area (TPSA) is 167 Å². The van der Waals surface area contributed by atoms with Crippen LogP contribution in [0.1, 0.15) is 103 Å². The Labute approximate surface area is 324 Å². The summed E-state index contributed by atoms with van der Waals surface area (Å²) in [5, 5.41) is 9.49. The highest BCUT2D eigenvalue weighted by Crippen LogP contribution is 2.59. The maximum absolute atomic E-state index is 14.2. The molecule has 290 valence electrons. The van der Waals surface area contributed by atoms with Crippen LogP contribution in [0.4, 0.5) is 10.5 Å². The minimum Gasteiger partial charge on any atom is -0.469 e. The second-order valence-corrected chi connectivity index (χ2v) is 14.8. The predicted octanol–water partition coefficient (Wildman–Crippen LogP) is 7.38. The average molecular weight is 760 g/mol. The van der Waals surface area contributed by atoms with Crippen LogP contribution in [0.15, 0.2) is 81.6 Å². The van der Waals surface area contributed by atoms with Crippen LogP contribution in [0.2, 0.25) is 0 Å². The second kappa shape index (κ2) is 15.2. The molecule has 0 radical (unpaired) electrons. The predicted molar refractivity (Wildman–Crippen MR) is 205 cm³/mol. The number of aromatic nitrogens is 2. The van der Waals surface area contributed by atoms with Crippen LogP contribution in [0.5, 0.6) is 5.75 Å². The quantitative estimate of drug-likeness (QED) is 0.0908.